The van der Waals surface area contributed by atoms with E-state index in [0.29, 0.717) is 43.8 Å². The summed E-state index contributed by atoms with van der Waals surface area (Å²) in [4.78, 5) is 38.2. The highest BCUT2D eigenvalue weighted by atomic mass is 35.5. The number of carbonyl (C=O) groups is 3. The Morgan fingerprint density at radius 1 is 0.902 bits per heavy atom. The second-order valence-corrected chi connectivity index (χ2v) is 12.9. The minimum atomic E-state index is -1.34. The maximum absolute atomic E-state index is 13.1. The Bertz CT molecular complexity index is 1490. The van der Waals surface area contributed by atoms with Crippen molar-refractivity contribution in [3.63, 3.8) is 0 Å². The average molecular weight is 638 g/mol. The van der Waals surface area contributed by atoms with Gasteiger partial charge in [-0.1, -0.05) is 29.3 Å². The number of nitrogens with one attached hydrogen (secondary N) is 3. The predicted octanol–water partition coefficient (Wildman–Crippen LogP) is 7.58. The molecule has 0 aromatic heterocycles. The van der Waals surface area contributed by atoms with Gasteiger partial charge in [0.15, 0.2) is 0 Å². The van der Waals surface area contributed by atoms with E-state index in [9.17, 15) is 14.4 Å². The fourth-order valence-corrected chi connectivity index (χ4v) is 5.73. The summed E-state index contributed by atoms with van der Waals surface area (Å²) in [6, 6.07) is 16.3. The van der Waals surface area contributed by atoms with Crippen LogP contribution in [-0.4, -0.2) is 27.8 Å². The van der Waals surface area contributed by atoms with Crippen LogP contribution in [0.25, 0.3) is 0 Å². The highest BCUT2D eigenvalue weighted by Crippen LogP contribution is 2.65. The van der Waals surface area contributed by atoms with Gasteiger partial charge in [0, 0.05) is 45.1 Å². The monoisotopic (exact) mass is 636 g/mol. The zero-order chi connectivity index (χ0) is 30.1. The summed E-state index contributed by atoms with van der Waals surface area (Å²) >= 11 is 25.1. The molecule has 0 saturated heterocycles. The third-order valence-electron chi connectivity index (χ3n) is 6.19. The molecule has 0 heterocycles. The van der Waals surface area contributed by atoms with Crippen LogP contribution in [0.2, 0.25) is 10.0 Å². The molecule has 4 rings (SSSR count). The molecule has 0 spiro atoms. The topological polar surface area (TPSA) is 123 Å². The van der Waals surface area contributed by atoms with Crippen molar-refractivity contribution in [3.05, 3.63) is 87.4 Å². The van der Waals surface area contributed by atoms with Gasteiger partial charge in [0.1, 0.15) is 9.93 Å². The molecule has 3 aromatic carbocycles. The Balaban J connectivity index is 1.43. The molecule has 1 saturated carbocycles. The van der Waals surface area contributed by atoms with E-state index in [-0.39, 0.29) is 6.54 Å². The lowest BCUT2D eigenvalue weighted by molar-refractivity contribution is -0.117. The van der Waals surface area contributed by atoms with Crippen LogP contribution in [0.15, 0.2) is 60.7 Å². The van der Waals surface area contributed by atoms with Crippen LogP contribution in [0.5, 0.6) is 0 Å². The van der Waals surface area contributed by atoms with E-state index < -0.39 is 39.7 Å². The quantitative estimate of drug-likeness (QED) is 0.199. The molecule has 5 N–H and O–H groups in total. The summed E-state index contributed by atoms with van der Waals surface area (Å²) in [6.07, 6.45) is -0.606. The van der Waals surface area contributed by atoms with Crippen LogP contribution in [0.4, 0.5) is 21.9 Å². The molecular formula is C29H28Cl4N4O4. The van der Waals surface area contributed by atoms with Crippen LogP contribution in [-0.2, 0) is 16.1 Å². The zero-order valence-electron chi connectivity index (χ0n) is 22.4. The summed E-state index contributed by atoms with van der Waals surface area (Å²) in [7, 11) is 0. The van der Waals surface area contributed by atoms with Crippen LogP contribution in [0, 0.1) is 5.92 Å². The van der Waals surface area contributed by atoms with Crippen LogP contribution < -0.4 is 21.7 Å². The maximum atomic E-state index is 13.1. The van der Waals surface area contributed by atoms with Gasteiger partial charge in [-0.05, 0) is 86.5 Å². The first-order chi connectivity index (χ1) is 19.2. The number of halogens is 4. The highest BCUT2D eigenvalue weighted by molar-refractivity contribution is 6.53. The fraction of sp³-hybridized carbons (Fsp3) is 0.276. The normalized spacial score (nSPS) is 17.4. The van der Waals surface area contributed by atoms with Gasteiger partial charge in [0.2, 0.25) is 5.91 Å². The Morgan fingerprint density at radius 2 is 1.56 bits per heavy atom. The van der Waals surface area contributed by atoms with E-state index in [1.807, 2.05) is 0 Å². The van der Waals surface area contributed by atoms with Crippen molar-refractivity contribution in [2.45, 2.75) is 43.2 Å². The third kappa shape index (κ3) is 7.64. The van der Waals surface area contributed by atoms with Crippen molar-refractivity contribution >= 4 is 81.4 Å². The summed E-state index contributed by atoms with van der Waals surface area (Å²) in [5.74, 6) is -2.09. The highest BCUT2D eigenvalue weighted by Gasteiger charge is 2.67. The van der Waals surface area contributed by atoms with E-state index in [1.165, 1.54) is 6.07 Å². The van der Waals surface area contributed by atoms with Crippen LogP contribution in [0.1, 0.15) is 48.2 Å². The lowest BCUT2D eigenvalue weighted by atomic mass is 10.1. The number of hydrogen-bond donors (Lipinski definition) is 4. The molecule has 41 heavy (non-hydrogen) atoms. The maximum Gasteiger partial charge on any atom is 0.412 e. The molecule has 1 fully saturated rings. The molecule has 3 amide bonds. The molecule has 216 valence electrons. The van der Waals surface area contributed by atoms with Crippen molar-refractivity contribution in [1.29, 1.82) is 0 Å². The molecule has 0 bridgehead atoms. The number of alkyl halides is 2. The van der Waals surface area contributed by atoms with E-state index in [1.54, 1.807) is 75.4 Å². The molecule has 2 unspecified atom stereocenters. The van der Waals surface area contributed by atoms with Gasteiger partial charge >= 0.3 is 6.09 Å². The Hall–Kier alpha value is -3.01. The van der Waals surface area contributed by atoms with E-state index in [2.05, 4.69) is 16.0 Å². The minimum Gasteiger partial charge on any atom is -0.444 e. The zero-order valence-corrected chi connectivity index (χ0v) is 25.4. The Kier molecular flexibility index (Phi) is 9.11. The van der Waals surface area contributed by atoms with Gasteiger partial charge in [-0.15, -0.1) is 23.2 Å². The standard InChI is InChI=1S/C29H28Cl4N4O4/c1-28(2,3)41-27(40)36-21-7-8-22(17(12-21)14-34)37-25(38)15-5-4-6-20(11-15)35-26(39)24-23(29(24,32)33)16-9-18(30)13-19(31)10-16/h4-13,23-24H,14,34H2,1-3H3,(H,35,39)(H,36,40)(H,37,38). The molecule has 1 aliphatic rings. The van der Waals surface area contributed by atoms with Crippen molar-refractivity contribution < 1.29 is 19.1 Å². The lowest BCUT2D eigenvalue weighted by Crippen LogP contribution is -2.27. The molecule has 0 aliphatic heterocycles. The van der Waals surface area contributed by atoms with Crippen molar-refractivity contribution in [2.75, 3.05) is 16.0 Å². The van der Waals surface area contributed by atoms with Crippen molar-refractivity contribution in [1.82, 2.24) is 0 Å². The smallest absolute Gasteiger partial charge is 0.412 e. The number of nitrogens with two attached hydrogens (primary N) is 1. The minimum absolute atomic E-state index is 0.106. The first-order valence-corrected chi connectivity index (χ1v) is 14.1. The number of benzene rings is 3. The van der Waals surface area contributed by atoms with E-state index in [0.717, 1.165) is 0 Å². The number of hydrogen-bond acceptors (Lipinski definition) is 5. The van der Waals surface area contributed by atoms with Gasteiger partial charge in [0.05, 0.1) is 5.92 Å². The second kappa shape index (κ2) is 12.1. The summed E-state index contributed by atoms with van der Waals surface area (Å²) in [6.45, 7) is 5.40. The molecule has 8 nitrogen and oxygen atoms in total. The van der Waals surface area contributed by atoms with E-state index in [4.69, 9.17) is 56.9 Å². The average Bonchev–Trinajstić information content (AvgIpc) is 3.45. The Morgan fingerprint density at radius 3 is 2.20 bits per heavy atom. The number of carbonyl (C=O) groups excluding carboxylic acids is 3. The molecular weight excluding hydrogens is 610 g/mol. The first kappa shape index (κ1) is 30.9. The fourth-order valence-electron chi connectivity index (χ4n) is 4.36. The second-order valence-electron chi connectivity index (χ2n) is 10.6. The number of ether oxygens (including phenoxy) is 1. The van der Waals surface area contributed by atoms with E-state index >= 15 is 0 Å². The predicted molar refractivity (Wildman–Crippen MR) is 164 cm³/mol. The SMILES string of the molecule is CC(C)(C)OC(=O)Nc1ccc(NC(=O)c2cccc(NC(=O)C3C(c4cc(Cl)cc(Cl)c4)C3(Cl)Cl)c2)c(CN)c1. The third-order valence-corrected chi connectivity index (χ3v) is 7.57. The number of rotatable bonds is 7. The van der Waals surface area contributed by atoms with Crippen LogP contribution in [0.3, 0.4) is 0 Å². The van der Waals surface area contributed by atoms with Gasteiger partial charge in [-0.2, -0.15) is 0 Å². The Labute approximate surface area is 257 Å². The number of amides is 3. The molecule has 0 radical (unpaired) electrons. The summed E-state index contributed by atoms with van der Waals surface area (Å²) in [5.41, 5.74) is 8.11. The van der Waals surface area contributed by atoms with Crippen molar-refractivity contribution in [2.24, 2.45) is 11.7 Å². The molecule has 2 atom stereocenters. The molecule has 3 aromatic rings. The van der Waals surface area contributed by atoms with Gasteiger partial charge < -0.3 is 21.1 Å². The summed E-state index contributed by atoms with van der Waals surface area (Å²) < 4.78 is 3.93. The van der Waals surface area contributed by atoms with Crippen molar-refractivity contribution in [3.8, 4) is 0 Å². The molecule has 1 aliphatic carbocycles. The van der Waals surface area contributed by atoms with Gasteiger partial charge in [0.25, 0.3) is 5.91 Å². The van der Waals surface area contributed by atoms with Gasteiger partial charge in [-0.3, -0.25) is 14.9 Å². The van der Waals surface area contributed by atoms with Gasteiger partial charge in [-0.25, -0.2) is 4.79 Å². The largest absolute Gasteiger partial charge is 0.444 e. The molecule has 12 heteroatoms. The van der Waals surface area contributed by atoms with Crippen LogP contribution >= 0.6 is 46.4 Å². The first-order valence-electron chi connectivity index (χ1n) is 12.6. The lowest BCUT2D eigenvalue weighted by Gasteiger charge is -2.20. The number of anilines is 3. The summed E-state index contributed by atoms with van der Waals surface area (Å²) in [5, 5.41) is 9.08.